The van der Waals surface area contributed by atoms with Gasteiger partial charge in [0, 0.05) is 55.7 Å². The van der Waals surface area contributed by atoms with E-state index < -0.39 is 0 Å². The van der Waals surface area contributed by atoms with Crippen LogP contribution < -0.4 is 19.7 Å². The summed E-state index contributed by atoms with van der Waals surface area (Å²) in [5, 5.41) is 13.8. The van der Waals surface area contributed by atoms with E-state index in [0.29, 0.717) is 63.8 Å². The lowest BCUT2D eigenvalue weighted by molar-refractivity contribution is -0.194. The maximum atomic E-state index is 12.4. The Morgan fingerprint density at radius 3 is 2.75 bits per heavy atom. The topological polar surface area (TPSA) is 115 Å². The van der Waals surface area contributed by atoms with Gasteiger partial charge in [-0.2, -0.15) is 10.1 Å². The zero-order valence-electron chi connectivity index (χ0n) is 20.5. The van der Waals surface area contributed by atoms with Gasteiger partial charge in [-0.1, -0.05) is 0 Å². The zero-order chi connectivity index (χ0) is 25.7. The van der Waals surface area contributed by atoms with E-state index >= 15 is 0 Å². The lowest BCUT2D eigenvalue weighted by Crippen LogP contribution is -2.28. The SMILES string of the molecule is COCCN(C)C(=O)/C=C/c1ccc(Nc2c(C#N)cnc3cc(OC)c(OC)cc23)c2c1OOC2. The molecule has 0 radical (unpaired) electrons. The molecule has 1 aliphatic heterocycles. The molecule has 0 atom stereocenters. The van der Waals surface area contributed by atoms with Crippen molar-refractivity contribution in [3.05, 3.63) is 53.2 Å². The Bertz CT molecular complexity index is 1370. The molecule has 1 amide bonds. The molecule has 1 aromatic heterocycles. The molecule has 186 valence electrons. The summed E-state index contributed by atoms with van der Waals surface area (Å²) in [5.41, 5.74) is 3.70. The van der Waals surface area contributed by atoms with E-state index in [1.165, 1.54) is 12.3 Å². The van der Waals surface area contributed by atoms with Gasteiger partial charge in [0.1, 0.15) is 12.7 Å². The van der Waals surface area contributed by atoms with Crippen LogP contribution in [0.15, 0.2) is 36.5 Å². The minimum Gasteiger partial charge on any atom is -0.493 e. The molecule has 3 aromatic rings. The first-order valence-corrected chi connectivity index (χ1v) is 11.1. The standard InChI is InChI=1S/C26H26N4O6/c1-30(9-10-32-2)24(31)8-6-16-5-7-20(19-15-35-36-26(16)19)29-25-17(13-27)14-28-21-12-23(34-4)22(33-3)11-18(21)25/h5-8,11-12,14H,9-10,15H2,1-4H3,(H,28,29)/b8-6+. The first-order chi connectivity index (χ1) is 17.5. The maximum Gasteiger partial charge on any atom is 0.246 e. The van der Waals surface area contributed by atoms with E-state index in [4.69, 9.17) is 24.0 Å². The molecule has 2 aromatic carbocycles. The fourth-order valence-corrected chi connectivity index (χ4v) is 3.78. The van der Waals surface area contributed by atoms with Crippen molar-refractivity contribution in [3.8, 4) is 23.3 Å². The second kappa shape index (κ2) is 10.9. The van der Waals surface area contributed by atoms with Crippen LogP contribution in [0.25, 0.3) is 17.0 Å². The Morgan fingerprint density at radius 1 is 1.25 bits per heavy atom. The van der Waals surface area contributed by atoms with Crippen molar-refractivity contribution in [2.24, 2.45) is 0 Å². The number of methoxy groups -OCH3 is 3. The third-order valence-electron chi connectivity index (χ3n) is 5.80. The summed E-state index contributed by atoms with van der Waals surface area (Å²) in [6, 6.07) is 9.39. The van der Waals surface area contributed by atoms with Crippen LogP contribution in [0.4, 0.5) is 11.4 Å². The number of hydrogen-bond acceptors (Lipinski definition) is 9. The molecule has 0 saturated carbocycles. The van der Waals surface area contributed by atoms with Crippen LogP contribution in [-0.2, 0) is 21.0 Å². The molecule has 0 saturated heterocycles. The summed E-state index contributed by atoms with van der Waals surface area (Å²) in [7, 11) is 6.40. The number of amides is 1. The average Bonchev–Trinajstić information content (AvgIpc) is 3.41. The molecule has 10 heteroatoms. The quantitative estimate of drug-likeness (QED) is 0.353. The van der Waals surface area contributed by atoms with Crippen LogP contribution >= 0.6 is 0 Å². The molecule has 36 heavy (non-hydrogen) atoms. The Morgan fingerprint density at radius 2 is 2.03 bits per heavy atom. The fraction of sp³-hybridized carbons (Fsp3) is 0.269. The normalized spacial score (nSPS) is 12.2. The van der Waals surface area contributed by atoms with Crippen molar-refractivity contribution in [2.45, 2.75) is 6.61 Å². The highest BCUT2D eigenvalue weighted by atomic mass is 17.2. The minimum absolute atomic E-state index is 0.159. The number of anilines is 2. The third-order valence-corrected chi connectivity index (χ3v) is 5.80. The number of nitriles is 1. The highest BCUT2D eigenvalue weighted by molar-refractivity contribution is 5.98. The van der Waals surface area contributed by atoms with E-state index in [2.05, 4.69) is 16.4 Å². The predicted molar refractivity (Wildman–Crippen MR) is 133 cm³/mol. The second-order valence-corrected chi connectivity index (χ2v) is 7.95. The third kappa shape index (κ3) is 4.88. The summed E-state index contributed by atoms with van der Waals surface area (Å²) in [6.45, 7) is 1.14. The fourth-order valence-electron chi connectivity index (χ4n) is 3.78. The number of nitrogens with one attached hydrogen (secondary N) is 1. The summed E-state index contributed by atoms with van der Waals surface area (Å²) in [5.74, 6) is 1.39. The monoisotopic (exact) mass is 490 g/mol. The van der Waals surface area contributed by atoms with Gasteiger partial charge >= 0.3 is 0 Å². The summed E-state index contributed by atoms with van der Waals surface area (Å²) < 4.78 is 15.8. The number of rotatable bonds is 9. The van der Waals surface area contributed by atoms with E-state index in [1.54, 1.807) is 51.5 Å². The average molecular weight is 491 g/mol. The lowest BCUT2D eigenvalue weighted by Gasteiger charge is -2.16. The van der Waals surface area contributed by atoms with Gasteiger partial charge in [0.15, 0.2) is 17.2 Å². The smallest absolute Gasteiger partial charge is 0.246 e. The number of nitrogens with zero attached hydrogens (tertiary/aromatic N) is 3. The van der Waals surface area contributed by atoms with Crippen molar-refractivity contribution in [1.82, 2.24) is 9.88 Å². The molecule has 0 bridgehead atoms. The number of pyridine rings is 1. The lowest BCUT2D eigenvalue weighted by atomic mass is 10.0. The highest BCUT2D eigenvalue weighted by Gasteiger charge is 2.23. The molecule has 4 rings (SSSR count). The Labute approximate surface area is 208 Å². The van der Waals surface area contributed by atoms with Crippen LogP contribution in [0.5, 0.6) is 17.2 Å². The number of benzene rings is 2. The first kappa shape index (κ1) is 24.8. The maximum absolute atomic E-state index is 12.4. The molecule has 0 aliphatic carbocycles. The molecule has 0 unspecified atom stereocenters. The molecule has 1 aliphatic rings. The number of ether oxygens (including phenoxy) is 3. The molecule has 1 N–H and O–H groups in total. The number of fused-ring (bicyclic) bond motifs is 2. The Hall–Kier alpha value is -4.33. The van der Waals surface area contributed by atoms with Crippen LogP contribution in [0.2, 0.25) is 0 Å². The summed E-state index contributed by atoms with van der Waals surface area (Å²) >= 11 is 0. The van der Waals surface area contributed by atoms with Gasteiger partial charge in [0.2, 0.25) is 5.91 Å². The zero-order valence-corrected chi connectivity index (χ0v) is 20.5. The number of carbonyl (C=O) groups excluding carboxylic acids is 1. The number of aromatic nitrogens is 1. The molecular formula is C26H26N4O6. The van der Waals surface area contributed by atoms with E-state index in [0.717, 1.165) is 5.56 Å². The van der Waals surface area contributed by atoms with Crippen molar-refractivity contribution in [1.29, 1.82) is 5.26 Å². The summed E-state index contributed by atoms with van der Waals surface area (Å²) in [6.07, 6.45) is 4.67. The van der Waals surface area contributed by atoms with Crippen molar-refractivity contribution in [2.75, 3.05) is 46.8 Å². The van der Waals surface area contributed by atoms with Gasteiger partial charge in [-0.15, -0.1) is 0 Å². The van der Waals surface area contributed by atoms with Crippen molar-refractivity contribution in [3.63, 3.8) is 0 Å². The van der Waals surface area contributed by atoms with E-state index in [9.17, 15) is 10.1 Å². The molecule has 2 heterocycles. The van der Waals surface area contributed by atoms with Gasteiger partial charge in [-0.25, -0.2) is 0 Å². The van der Waals surface area contributed by atoms with Crippen LogP contribution in [-0.4, -0.2) is 57.3 Å². The van der Waals surface area contributed by atoms with Crippen LogP contribution in [0, 0.1) is 11.3 Å². The first-order valence-electron chi connectivity index (χ1n) is 11.1. The number of carbonyl (C=O) groups is 1. The number of likely N-dealkylation sites (N-methyl/N-ethyl adjacent to an activating group) is 1. The molecular weight excluding hydrogens is 464 g/mol. The molecule has 10 nitrogen and oxygen atoms in total. The number of hydrogen-bond donors (Lipinski definition) is 1. The Kier molecular flexibility index (Phi) is 7.53. The van der Waals surface area contributed by atoms with Gasteiger partial charge in [-0.3, -0.25) is 9.78 Å². The second-order valence-electron chi connectivity index (χ2n) is 7.95. The van der Waals surface area contributed by atoms with Crippen LogP contribution in [0.3, 0.4) is 0 Å². The van der Waals surface area contributed by atoms with Gasteiger partial charge in [0.25, 0.3) is 0 Å². The van der Waals surface area contributed by atoms with Crippen molar-refractivity contribution >= 4 is 34.3 Å². The highest BCUT2D eigenvalue weighted by Crippen LogP contribution is 2.41. The van der Waals surface area contributed by atoms with E-state index in [1.807, 2.05) is 12.1 Å². The van der Waals surface area contributed by atoms with Gasteiger partial charge < -0.3 is 29.3 Å². The predicted octanol–water partition coefficient (Wildman–Crippen LogP) is 3.81. The summed E-state index contributed by atoms with van der Waals surface area (Å²) in [4.78, 5) is 29.0. The molecule has 0 fully saturated rings. The van der Waals surface area contributed by atoms with Gasteiger partial charge in [-0.05, 0) is 24.3 Å². The molecule has 0 spiro atoms. The van der Waals surface area contributed by atoms with Gasteiger partial charge in [0.05, 0.1) is 43.2 Å². The van der Waals surface area contributed by atoms with Crippen LogP contribution in [0.1, 0.15) is 16.7 Å². The minimum atomic E-state index is -0.159. The van der Waals surface area contributed by atoms with E-state index in [-0.39, 0.29) is 12.5 Å². The van der Waals surface area contributed by atoms with Crippen molar-refractivity contribution < 1.29 is 28.8 Å². The Balaban J connectivity index is 1.70. The largest absolute Gasteiger partial charge is 0.493 e.